The Bertz CT molecular complexity index is 2020. The highest BCUT2D eigenvalue weighted by Gasteiger charge is 2.25. The van der Waals surface area contributed by atoms with Gasteiger partial charge in [-0.15, -0.1) is 0 Å². The molecule has 5 rings (SSSR count). The van der Waals surface area contributed by atoms with Crippen molar-refractivity contribution in [2.24, 2.45) is 0 Å². The fraction of sp³-hybridized carbons (Fsp3) is 0.281. The number of thioether (sulfide) groups is 1. The van der Waals surface area contributed by atoms with Gasteiger partial charge in [-0.25, -0.2) is 0 Å². The zero-order chi connectivity index (χ0) is 34.3. The van der Waals surface area contributed by atoms with E-state index in [4.69, 9.17) is 41.4 Å². The summed E-state index contributed by atoms with van der Waals surface area (Å²) in [6, 6.07) is 14.1. The van der Waals surface area contributed by atoms with Crippen molar-refractivity contribution in [3.05, 3.63) is 64.8 Å². The standard InChI is InChI=1S/C32H32N2O12S2/c1-38-20-17-22(39-2)26-23(18-20)44-28(19-15-24(40-3)29(42-5)25(16-19)41-4)30(27(26)35)43-13-9-10-14-47-32-34-33-31(45-32)46-48(36,37)21-11-7-6-8-12-21/h6-8,11-12,15-18H,9-10,13-14H2,1-5H3. The van der Waals surface area contributed by atoms with Gasteiger partial charge in [0.2, 0.25) is 16.9 Å². The highest BCUT2D eigenvalue weighted by molar-refractivity contribution is 7.99. The van der Waals surface area contributed by atoms with Gasteiger partial charge in [0.25, 0.3) is 5.22 Å². The molecule has 0 fully saturated rings. The maximum absolute atomic E-state index is 14.0. The second-order valence-electron chi connectivity index (χ2n) is 9.79. The molecule has 0 aliphatic heterocycles. The molecule has 0 atom stereocenters. The molecule has 0 amide bonds. The van der Waals surface area contributed by atoms with E-state index < -0.39 is 21.6 Å². The van der Waals surface area contributed by atoms with Crippen LogP contribution in [0.5, 0.6) is 40.6 Å². The minimum Gasteiger partial charge on any atom is -0.496 e. The van der Waals surface area contributed by atoms with Crippen molar-refractivity contribution in [3.8, 4) is 51.9 Å². The number of methoxy groups -OCH3 is 5. The Labute approximate surface area is 279 Å². The van der Waals surface area contributed by atoms with Gasteiger partial charge in [0.15, 0.2) is 17.3 Å². The number of ether oxygens (including phenoxy) is 6. The highest BCUT2D eigenvalue weighted by atomic mass is 32.2. The molecular weight excluding hydrogens is 668 g/mol. The third-order valence-electron chi connectivity index (χ3n) is 6.88. The summed E-state index contributed by atoms with van der Waals surface area (Å²) >= 11 is 1.22. The zero-order valence-corrected chi connectivity index (χ0v) is 28.3. The molecule has 0 unspecified atom stereocenters. The van der Waals surface area contributed by atoms with Crippen molar-refractivity contribution in [1.29, 1.82) is 0 Å². The lowest BCUT2D eigenvalue weighted by molar-refractivity contribution is 0.301. The summed E-state index contributed by atoms with van der Waals surface area (Å²) in [4.78, 5) is 13.9. The summed E-state index contributed by atoms with van der Waals surface area (Å²) in [5.74, 6) is 2.40. The van der Waals surface area contributed by atoms with Crippen LogP contribution in [0.25, 0.3) is 22.3 Å². The van der Waals surface area contributed by atoms with Crippen LogP contribution in [0.3, 0.4) is 0 Å². The number of hydrogen-bond donors (Lipinski definition) is 0. The van der Waals surface area contributed by atoms with E-state index in [2.05, 4.69) is 10.2 Å². The van der Waals surface area contributed by atoms with Crippen molar-refractivity contribution in [3.63, 3.8) is 0 Å². The molecule has 2 aromatic heterocycles. The predicted molar refractivity (Wildman–Crippen MR) is 175 cm³/mol. The average Bonchev–Trinajstić information content (AvgIpc) is 3.55. The van der Waals surface area contributed by atoms with Gasteiger partial charge in [-0.1, -0.05) is 40.2 Å². The van der Waals surface area contributed by atoms with E-state index in [9.17, 15) is 13.2 Å². The topological polar surface area (TPSA) is 168 Å². The number of rotatable bonds is 16. The second-order valence-corrected chi connectivity index (χ2v) is 12.4. The van der Waals surface area contributed by atoms with E-state index in [1.165, 1.54) is 59.4 Å². The summed E-state index contributed by atoms with van der Waals surface area (Å²) in [5, 5.41) is 7.82. The van der Waals surface area contributed by atoms with Gasteiger partial charge in [0.05, 0.1) is 42.2 Å². The molecule has 0 aliphatic rings. The van der Waals surface area contributed by atoms with Gasteiger partial charge in [-0.2, -0.15) is 8.42 Å². The number of unbranched alkanes of at least 4 members (excludes halogenated alkanes) is 1. The molecular formula is C32H32N2O12S2. The molecule has 5 aromatic rings. The molecule has 0 aliphatic carbocycles. The van der Waals surface area contributed by atoms with Gasteiger partial charge in [-0.3, -0.25) is 4.79 Å². The molecule has 48 heavy (non-hydrogen) atoms. The van der Waals surface area contributed by atoms with Crippen LogP contribution in [-0.4, -0.2) is 66.5 Å². The van der Waals surface area contributed by atoms with Crippen LogP contribution in [0, 0.1) is 0 Å². The minimum absolute atomic E-state index is 0.0359. The smallest absolute Gasteiger partial charge is 0.431 e. The van der Waals surface area contributed by atoms with Crippen LogP contribution in [0.4, 0.5) is 0 Å². The Morgan fingerprint density at radius 2 is 1.48 bits per heavy atom. The lowest BCUT2D eigenvalue weighted by Gasteiger charge is -2.17. The quantitative estimate of drug-likeness (QED) is 0.0707. The summed E-state index contributed by atoms with van der Waals surface area (Å²) in [7, 11) is 3.29. The van der Waals surface area contributed by atoms with Crippen LogP contribution < -0.4 is 38.0 Å². The minimum atomic E-state index is -4.11. The van der Waals surface area contributed by atoms with Gasteiger partial charge in [0.1, 0.15) is 27.4 Å². The van der Waals surface area contributed by atoms with E-state index in [1.807, 2.05) is 0 Å². The van der Waals surface area contributed by atoms with Crippen molar-refractivity contribution >= 4 is 32.8 Å². The molecule has 3 aromatic carbocycles. The van der Waals surface area contributed by atoms with E-state index >= 15 is 0 Å². The third kappa shape index (κ3) is 7.39. The summed E-state index contributed by atoms with van der Waals surface area (Å²) in [5.41, 5.74) is 0.223. The highest BCUT2D eigenvalue weighted by Crippen LogP contribution is 2.44. The lowest BCUT2D eigenvalue weighted by atomic mass is 10.1. The van der Waals surface area contributed by atoms with Gasteiger partial charge >= 0.3 is 16.2 Å². The van der Waals surface area contributed by atoms with Crippen LogP contribution in [0.15, 0.2) is 78.3 Å². The van der Waals surface area contributed by atoms with E-state index in [1.54, 1.807) is 42.5 Å². The SMILES string of the molecule is COc1cc(OC)c2c(=O)c(OCCCCSc3nnc(OS(=O)(=O)c4ccccc4)o3)c(-c3cc(OC)c(OC)c(OC)c3)oc2c1. The first-order valence-electron chi connectivity index (χ1n) is 14.3. The van der Waals surface area contributed by atoms with Crippen LogP contribution in [-0.2, 0) is 10.1 Å². The fourth-order valence-corrected chi connectivity index (χ4v) is 6.20. The average molecular weight is 701 g/mol. The van der Waals surface area contributed by atoms with E-state index in [-0.39, 0.29) is 45.0 Å². The van der Waals surface area contributed by atoms with Crippen LogP contribution in [0.2, 0.25) is 0 Å². The molecule has 0 bridgehead atoms. The van der Waals surface area contributed by atoms with Crippen molar-refractivity contribution < 1.29 is 49.9 Å². The molecule has 16 heteroatoms. The molecule has 0 spiro atoms. The Balaban J connectivity index is 1.32. The number of benzene rings is 3. The third-order valence-corrected chi connectivity index (χ3v) is 9.00. The van der Waals surface area contributed by atoms with Crippen molar-refractivity contribution in [2.75, 3.05) is 47.9 Å². The molecule has 0 saturated carbocycles. The Kier molecular flexibility index (Phi) is 10.9. The van der Waals surface area contributed by atoms with Crippen LogP contribution in [0.1, 0.15) is 12.8 Å². The normalized spacial score (nSPS) is 11.3. The van der Waals surface area contributed by atoms with Crippen molar-refractivity contribution in [1.82, 2.24) is 10.2 Å². The molecule has 254 valence electrons. The summed E-state index contributed by atoms with van der Waals surface area (Å²) in [6.07, 6.45) is 0.656. The fourth-order valence-electron chi connectivity index (χ4n) is 4.61. The Hall–Kier alpha value is -5.09. The summed E-state index contributed by atoms with van der Waals surface area (Å²) < 4.78 is 74.8. The number of fused-ring (bicyclic) bond motifs is 1. The molecule has 2 heterocycles. The van der Waals surface area contributed by atoms with Gasteiger partial charge in [0, 0.05) is 23.4 Å². The number of aromatic nitrogens is 2. The largest absolute Gasteiger partial charge is 0.496 e. The predicted octanol–water partition coefficient (Wildman–Crippen LogP) is 5.61. The Morgan fingerprint density at radius 1 is 0.771 bits per heavy atom. The number of hydrogen-bond acceptors (Lipinski definition) is 15. The molecule has 14 nitrogen and oxygen atoms in total. The first kappa shape index (κ1) is 34.3. The maximum atomic E-state index is 14.0. The molecule has 0 N–H and O–H groups in total. The first-order valence-corrected chi connectivity index (χ1v) is 16.7. The first-order chi connectivity index (χ1) is 23.2. The van der Waals surface area contributed by atoms with E-state index in [0.717, 1.165) is 0 Å². The van der Waals surface area contributed by atoms with Crippen LogP contribution >= 0.6 is 11.8 Å². The monoisotopic (exact) mass is 700 g/mol. The maximum Gasteiger partial charge on any atom is 0.431 e. The zero-order valence-electron chi connectivity index (χ0n) is 26.6. The summed E-state index contributed by atoms with van der Waals surface area (Å²) in [6.45, 7) is 0.153. The molecule has 0 radical (unpaired) electrons. The second kappa shape index (κ2) is 15.2. The van der Waals surface area contributed by atoms with Gasteiger partial charge in [-0.05, 0) is 37.1 Å². The van der Waals surface area contributed by atoms with E-state index in [0.29, 0.717) is 47.2 Å². The van der Waals surface area contributed by atoms with Gasteiger partial charge < -0.3 is 41.4 Å². The lowest BCUT2D eigenvalue weighted by Crippen LogP contribution is -2.12. The van der Waals surface area contributed by atoms with Crippen molar-refractivity contribution in [2.45, 2.75) is 23.0 Å². The number of nitrogens with zero attached hydrogens (tertiary/aromatic N) is 2. The Morgan fingerprint density at radius 3 is 2.12 bits per heavy atom. The molecule has 0 saturated heterocycles.